The van der Waals surface area contributed by atoms with E-state index in [9.17, 15) is 22.8 Å². The standard InChI is InChI=1S/C25H30N8O6S2/c1-31-5-4-17-19(13-31)40-24(30-17)25(37)33-7-6-32(12-16(33)10-20(34)28-11-22(35)36)41(38,39)21-9-14-2-3-15(23(26)27)8-18(14)29-21/h2-3,8-9,16,29H,4-7,10-13H2,1H3,(H3,26,27)(H,28,34)(H,35,36). The van der Waals surface area contributed by atoms with Gasteiger partial charge in [0.15, 0.2) is 5.01 Å². The number of nitrogen functional groups attached to an aromatic ring is 1. The van der Waals surface area contributed by atoms with Crippen molar-refractivity contribution < 1.29 is 27.9 Å². The first-order valence-electron chi connectivity index (χ1n) is 12.9. The van der Waals surface area contributed by atoms with E-state index in [4.69, 9.17) is 16.2 Å². The van der Waals surface area contributed by atoms with Crippen LogP contribution in [-0.4, -0.2) is 107 Å². The lowest BCUT2D eigenvalue weighted by atomic mass is 10.1. The number of nitrogens with one attached hydrogen (secondary N) is 3. The predicted molar refractivity (Wildman–Crippen MR) is 150 cm³/mol. The van der Waals surface area contributed by atoms with E-state index in [0.717, 1.165) is 23.5 Å². The Labute approximate surface area is 239 Å². The summed E-state index contributed by atoms with van der Waals surface area (Å²) in [5, 5.41) is 19.7. The molecule has 6 N–H and O–H groups in total. The number of rotatable bonds is 8. The third-order valence-electron chi connectivity index (χ3n) is 7.20. The summed E-state index contributed by atoms with van der Waals surface area (Å²) < 4.78 is 28.5. The molecular formula is C25H30N8O6S2. The number of amides is 2. The van der Waals surface area contributed by atoms with Gasteiger partial charge in [-0.1, -0.05) is 12.1 Å². The van der Waals surface area contributed by atoms with Crippen molar-refractivity contribution in [3.05, 3.63) is 45.4 Å². The van der Waals surface area contributed by atoms with Crippen molar-refractivity contribution >= 4 is 55.9 Å². The van der Waals surface area contributed by atoms with Crippen molar-refractivity contribution in [2.24, 2.45) is 5.73 Å². The molecule has 2 aliphatic heterocycles. The number of carboxylic acids is 1. The average Bonchev–Trinajstić information content (AvgIpc) is 3.55. The molecule has 41 heavy (non-hydrogen) atoms. The molecule has 4 heterocycles. The van der Waals surface area contributed by atoms with E-state index in [2.05, 4.69) is 20.2 Å². The molecule has 2 amide bonds. The number of H-pyrrole nitrogens is 1. The van der Waals surface area contributed by atoms with Crippen LogP contribution >= 0.6 is 11.3 Å². The number of carboxylic acid groups (broad SMARTS) is 1. The van der Waals surface area contributed by atoms with Crippen LogP contribution in [0, 0.1) is 5.41 Å². The van der Waals surface area contributed by atoms with E-state index in [-0.39, 0.29) is 47.8 Å². The number of carbonyl (C=O) groups excluding carboxylic acids is 2. The highest BCUT2D eigenvalue weighted by Gasteiger charge is 2.39. The Kier molecular flexibility index (Phi) is 7.83. The molecule has 0 radical (unpaired) electrons. The first-order valence-corrected chi connectivity index (χ1v) is 15.1. The van der Waals surface area contributed by atoms with Gasteiger partial charge in [-0.15, -0.1) is 11.3 Å². The monoisotopic (exact) mass is 602 g/mol. The first kappa shape index (κ1) is 28.7. The smallest absolute Gasteiger partial charge is 0.322 e. The van der Waals surface area contributed by atoms with Crippen LogP contribution in [0.15, 0.2) is 29.3 Å². The normalized spacial score (nSPS) is 18.3. The number of hydrogen-bond donors (Lipinski definition) is 5. The van der Waals surface area contributed by atoms with E-state index >= 15 is 0 Å². The lowest BCUT2D eigenvalue weighted by Gasteiger charge is -2.40. The molecule has 1 saturated heterocycles. The molecule has 5 rings (SSSR count). The number of sulfonamides is 1. The molecule has 0 spiro atoms. The topological polar surface area (TPSA) is 206 Å². The SMILES string of the molecule is CN1CCc2nc(C(=O)N3CCN(S(=O)(=O)c4cc5ccc(C(=N)N)cc5[nH]4)CC3CC(=O)NCC(=O)O)sc2C1. The Hall–Kier alpha value is -3.86. The van der Waals surface area contributed by atoms with Crippen LogP contribution in [0.2, 0.25) is 0 Å². The first-order chi connectivity index (χ1) is 19.4. The van der Waals surface area contributed by atoms with Crippen LogP contribution < -0.4 is 11.1 Å². The highest BCUT2D eigenvalue weighted by molar-refractivity contribution is 7.89. The number of aliphatic carboxylic acids is 1. The number of carbonyl (C=O) groups is 3. The van der Waals surface area contributed by atoms with Gasteiger partial charge in [-0.3, -0.25) is 19.8 Å². The number of piperazine rings is 1. The zero-order valence-electron chi connectivity index (χ0n) is 22.2. The van der Waals surface area contributed by atoms with Gasteiger partial charge in [-0.25, -0.2) is 13.4 Å². The number of hydrogen-bond acceptors (Lipinski definition) is 9. The summed E-state index contributed by atoms with van der Waals surface area (Å²) in [7, 11) is -2.07. The van der Waals surface area contributed by atoms with Crippen LogP contribution in [0.1, 0.15) is 32.4 Å². The van der Waals surface area contributed by atoms with Gasteiger partial charge < -0.3 is 30.9 Å². The van der Waals surface area contributed by atoms with Gasteiger partial charge >= 0.3 is 5.97 Å². The van der Waals surface area contributed by atoms with Gasteiger partial charge in [0.25, 0.3) is 15.9 Å². The quantitative estimate of drug-likeness (QED) is 0.174. The van der Waals surface area contributed by atoms with E-state index in [0.29, 0.717) is 23.0 Å². The highest BCUT2D eigenvalue weighted by Crippen LogP contribution is 2.29. The molecule has 16 heteroatoms. The summed E-state index contributed by atoms with van der Waals surface area (Å²) in [6.45, 7) is 0.766. The van der Waals surface area contributed by atoms with E-state index in [1.807, 2.05) is 7.05 Å². The predicted octanol–water partition coefficient (Wildman–Crippen LogP) is 0.00257. The molecular weight excluding hydrogens is 572 g/mol. The van der Waals surface area contributed by atoms with Gasteiger partial charge in [0.05, 0.1) is 11.7 Å². The van der Waals surface area contributed by atoms with Gasteiger partial charge in [0, 0.05) is 66.9 Å². The fourth-order valence-corrected chi connectivity index (χ4v) is 7.66. The molecule has 1 atom stereocenters. The lowest BCUT2D eigenvalue weighted by Crippen LogP contribution is -2.57. The Morgan fingerprint density at radius 3 is 2.76 bits per heavy atom. The van der Waals surface area contributed by atoms with Crippen molar-refractivity contribution in [3.8, 4) is 0 Å². The second-order valence-electron chi connectivity index (χ2n) is 10.1. The Morgan fingerprint density at radius 2 is 2.02 bits per heavy atom. The Morgan fingerprint density at radius 1 is 1.24 bits per heavy atom. The number of likely N-dealkylation sites (N-methyl/N-ethyl adjacent to an activating group) is 1. The van der Waals surface area contributed by atoms with Crippen molar-refractivity contribution in [3.63, 3.8) is 0 Å². The Balaban J connectivity index is 1.40. The van der Waals surface area contributed by atoms with E-state index in [1.165, 1.54) is 26.6 Å². The second-order valence-corrected chi connectivity index (χ2v) is 13.1. The van der Waals surface area contributed by atoms with Crippen LogP contribution in [0.3, 0.4) is 0 Å². The summed E-state index contributed by atoms with van der Waals surface area (Å²) in [6, 6.07) is 5.52. The molecule has 218 valence electrons. The van der Waals surface area contributed by atoms with Crippen molar-refractivity contribution in [2.75, 3.05) is 39.8 Å². The van der Waals surface area contributed by atoms with Crippen molar-refractivity contribution in [1.29, 1.82) is 5.41 Å². The maximum atomic E-state index is 13.7. The summed E-state index contributed by atoms with van der Waals surface area (Å²) in [6.07, 6.45) is 0.439. The average molecular weight is 603 g/mol. The summed E-state index contributed by atoms with van der Waals surface area (Å²) >= 11 is 1.30. The van der Waals surface area contributed by atoms with Gasteiger partial charge in [-0.05, 0) is 19.2 Å². The summed E-state index contributed by atoms with van der Waals surface area (Å²) in [5.74, 6) is -2.37. The maximum Gasteiger partial charge on any atom is 0.322 e. The Bertz CT molecular complexity index is 1650. The molecule has 2 aromatic heterocycles. The minimum absolute atomic E-state index is 0.0107. The maximum absolute atomic E-state index is 13.7. The van der Waals surface area contributed by atoms with E-state index in [1.54, 1.807) is 18.2 Å². The molecule has 1 unspecified atom stereocenters. The van der Waals surface area contributed by atoms with Crippen LogP contribution in [0.4, 0.5) is 0 Å². The summed E-state index contributed by atoms with van der Waals surface area (Å²) in [5.41, 5.74) is 7.37. The minimum atomic E-state index is -4.06. The van der Waals surface area contributed by atoms with Gasteiger partial charge in [-0.2, -0.15) is 4.31 Å². The molecule has 2 aliphatic rings. The number of aromatic nitrogens is 2. The van der Waals surface area contributed by atoms with Crippen LogP contribution in [-0.2, 0) is 32.6 Å². The van der Waals surface area contributed by atoms with Gasteiger partial charge in [0.1, 0.15) is 17.4 Å². The highest BCUT2D eigenvalue weighted by atomic mass is 32.2. The zero-order valence-corrected chi connectivity index (χ0v) is 23.8. The van der Waals surface area contributed by atoms with E-state index < -0.39 is 34.5 Å². The lowest BCUT2D eigenvalue weighted by molar-refractivity contribution is -0.138. The van der Waals surface area contributed by atoms with Crippen molar-refractivity contribution in [1.82, 2.24) is 29.4 Å². The number of thiazole rings is 1. The number of aromatic amines is 1. The van der Waals surface area contributed by atoms with Crippen molar-refractivity contribution in [2.45, 2.75) is 30.5 Å². The molecule has 14 nitrogen and oxygen atoms in total. The molecule has 1 fully saturated rings. The fourth-order valence-electron chi connectivity index (χ4n) is 5.03. The number of nitrogens with zero attached hydrogens (tertiary/aromatic N) is 4. The van der Waals surface area contributed by atoms with Crippen LogP contribution in [0.5, 0.6) is 0 Å². The summed E-state index contributed by atoms with van der Waals surface area (Å²) in [4.78, 5) is 49.2. The van der Waals surface area contributed by atoms with Crippen LogP contribution in [0.25, 0.3) is 10.9 Å². The molecule has 0 saturated carbocycles. The largest absolute Gasteiger partial charge is 0.480 e. The number of nitrogens with two attached hydrogens (primary N) is 1. The van der Waals surface area contributed by atoms with Gasteiger partial charge in [0.2, 0.25) is 5.91 Å². The third-order valence-corrected chi connectivity index (χ3v) is 10.1. The third kappa shape index (κ3) is 5.95. The number of fused-ring (bicyclic) bond motifs is 2. The number of benzene rings is 1. The zero-order chi connectivity index (χ0) is 29.5. The number of amidine groups is 1. The molecule has 1 aromatic carbocycles. The minimum Gasteiger partial charge on any atom is -0.480 e. The molecule has 0 aliphatic carbocycles. The fraction of sp³-hybridized carbons (Fsp3) is 0.400. The molecule has 3 aromatic rings. The molecule has 0 bridgehead atoms. The second kappa shape index (κ2) is 11.2.